The van der Waals surface area contributed by atoms with Crippen molar-refractivity contribution in [3.05, 3.63) is 33.3 Å². The van der Waals surface area contributed by atoms with Crippen LogP contribution in [0.15, 0.2) is 30.9 Å². The molecule has 0 saturated heterocycles. The molecule has 0 radical (unpaired) electrons. The number of aromatic hydroxyl groups is 1. The van der Waals surface area contributed by atoms with E-state index < -0.39 is 17.0 Å². The van der Waals surface area contributed by atoms with E-state index in [9.17, 15) is 14.7 Å². The summed E-state index contributed by atoms with van der Waals surface area (Å²) in [7, 11) is 0. The quantitative estimate of drug-likeness (QED) is 0.607. The molecule has 0 fully saturated rings. The fourth-order valence-electron chi connectivity index (χ4n) is 0.933. The van der Waals surface area contributed by atoms with Crippen LogP contribution in [-0.2, 0) is 0 Å². The van der Waals surface area contributed by atoms with Crippen LogP contribution in [0.2, 0.25) is 0 Å². The van der Waals surface area contributed by atoms with Crippen LogP contribution in [0.4, 0.5) is 0 Å². The van der Waals surface area contributed by atoms with E-state index in [-0.39, 0.29) is 11.1 Å². The number of hydrogen-bond acceptors (Lipinski definition) is 6. The molecule has 0 saturated carbocycles. The Bertz CT molecular complexity index is 567. The first-order valence-corrected chi connectivity index (χ1v) is 3.29. The molecule has 13 heavy (non-hydrogen) atoms. The lowest BCUT2D eigenvalue weighted by molar-refractivity contribution is 0.446. The Morgan fingerprint density at radius 2 is 2.15 bits per heavy atom. The van der Waals surface area contributed by atoms with Gasteiger partial charge in [0.25, 0.3) is 0 Å². The van der Waals surface area contributed by atoms with Gasteiger partial charge in [0.15, 0.2) is 11.8 Å². The second-order valence-corrected chi connectivity index (χ2v) is 2.27. The van der Waals surface area contributed by atoms with Gasteiger partial charge in [0, 0.05) is 0 Å². The zero-order valence-corrected chi connectivity index (χ0v) is 6.18. The maximum absolute atomic E-state index is 11.0. The topological polar surface area (TPSA) is 93.5 Å². The van der Waals surface area contributed by atoms with Crippen LogP contribution in [0.1, 0.15) is 0 Å². The number of fused-ring (bicyclic) bond motifs is 1. The maximum atomic E-state index is 11.0. The Morgan fingerprint density at radius 1 is 1.38 bits per heavy atom. The van der Waals surface area contributed by atoms with Crippen molar-refractivity contribution in [2.24, 2.45) is 0 Å². The van der Waals surface area contributed by atoms with Gasteiger partial charge in [0.05, 0.1) is 6.07 Å². The lowest BCUT2D eigenvalue weighted by atomic mass is 10.3. The summed E-state index contributed by atoms with van der Waals surface area (Å²) in [5.41, 5.74) is -1.81. The summed E-state index contributed by atoms with van der Waals surface area (Å²) in [5, 5.41) is 8.94. The van der Waals surface area contributed by atoms with Crippen LogP contribution < -0.4 is 11.3 Å². The molecule has 0 atom stereocenters. The van der Waals surface area contributed by atoms with Crippen molar-refractivity contribution in [3.63, 3.8) is 0 Å². The second kappa shape index (κ2) is 2.44. The Morgan fingerprint density at radius 3 is 2.92 bits per heavy atom. The van der Waals surface area contributed by atoms with E-state index in [0.29, 0.717) is 0 Å². The molecular formula is C7H3NO5. The van der Waals surface area contributed by atoms with Crippen molar-refractivity contribution >= 4 is 11.1 Å². The van der Waals surface area contributed by atoms with Crippen LogP contribution >= 0.6 is 0 Å². The van der Waals surface area contributed by atoms with Gasteiger partial charge in [-0.2, -0.15) is 4.98 Å². The highest BCUT2D eigenvalue weighted by atomic mass is 16.4. The first kappa shape index (κ1) is 7.53. The number of nitrogens with zero attached hydrogens (tertiary/aromatic N) is 1. The average Bonchev–Trinajstić information content (AvgIpc) is 2.02. The van der Waals surface area contributed by atoms with Crippen LogP contribution in [0.3, 0.4) is 0 Å². The summed E-state index contributed by atoms with van der Waals surface area (Å²) in [6.45, 7) is 0. The number of rotatable bonds is 0. The van der Waals surface area contributed by atoms with Gasteiger partial charge in [-0.1, -0.05) is 0 Å². The monoisotopic (exact) mass is 181 g/mol. The van der Waals surface area contributed by atoms with Crippen molar-refractivity contribution in [1.82, 2.24) is 4.98 Å². The van der Waals surface area contributed by atoms with Crippen molar-refractivity contribution in [3.8, 4) is 5.75 Å². The second-order valence-electron chi connectivity index (χ2n) is 2.27. The SMILES string of the molecule is O=c1cc(O)c2c(=O)ocnc2o1. The average molecular weight is 181 g/mol. The molecule has 6 nitrogen and oxygen atoms in total. The van der Waals surface area contributed by atoms with Gasteiger partial charge in [-0.25, -0.2) is 9.59 Å². The van der Waals surface area contributed by atoms with Crippen LogP contribution in [0.25, 0.3) is 11.1 Å². The summed E-state index contributed by atoms with van der Waals surface area (Å²) in [6.07, 6.45) is 0.840. The minimum absolute atomic E-state index is 0.234. The fraction of sp³-hybridized carbons (Fsp3) is 0. The molecule has 0 unspecified atom stereocenters. The molecule has 66 valence electrons. The van der Waals surface area contributed by atoms with E-state index in [2.05, 4.69) is 13.8 Å². The van der Waals surface area contributed by atoms with E-state index in [4.69, 9.17) is 0 Å². The third-order valence-corrected chi connectivity index (χ3v) is 1.46. The third kappa shape index (κ3) is 1.08. The zero-order valence-electron chi connectivity index (χ0n) is 6.18. The minimum atomic E-state index is -0.800. The van der Waals surface area contributed by atoms with Crippen molar-refractivity contribution in [2.45, 2.75) is 0 Å². The van der Waals surface area contributed by atoms with Gasteiger partial charge in [-0.05, 0) is 0 Å². The number of hydrogen-bond donors (Lipinski definition) is 1. The van der Waals surface area contributed by atoms with Gasteiger partial charge < -0.3 is 13.9 Å². The summed E-state index contributed by atoms with van der Waals surface area (Å²) in [6, 6.07) is 0.779. The third-order valence-electron chi connectivity index (χ3n) is 1.46. The molecule has 0 aliphatic carbocycles. The van der Waals surface area contributed by atoms with Gasteiger partial charge in [0.2, 0.25) is 5.71 Å². The first-order chi connectivity index (χ1) is 6.18. The molecule has 2 aromatic heterocycles. The first-order valence-electron chi connectivity index (χ1n) is 3.29. The predicted octanol–water partition coefficient (Wildman–Crippen LogP) is -0.153. The molecule has 6 heteroatoms. The van der Waals surface area contributed by atoms with E-state index in [0.717, 1.165) is 12.5 Å². The van der Waals surface area contributed by atoms with Crippen molar-refractivity contribution < 1.29 is 13.9 Å². The highest BCUT2D eigenvalue weighted by Crippen LogP contribution is 2.15. The Labute approximate surface area is 70.1 Å². The Kier molecular flexibility index (Phi) is 1.42. The van der Waals surface area contributed by atoms with Gasteiger partial charge in [-0.15, -0.1) is 0 Å². The van der Waals surface area contributed by atoms with Gasteiger partial charge >= 0.3 is 11.3 Å². The molecule has 2 rings (SSSR count). The van der Waals surface area contributed by atoms with E-state index >= 15 is 0 Å². The molecule has 2 aromatic rings. The van der Waals surface area contributed by atoms with Crippen LogP contribution in [-0.4, -0.2) is 10.1 Å². The Hall–Kier alpha value is -2.11. The molecule has 0 spiro atoms. The standard InChI is InChI=1S/C7H3NO5/c9-3-1-4(10)13-6-5(3)7(11)12-2-8-6/h1-2,9H. The highest BCUT2D eigenvalue weighted by Gasteiger charge is 2.09. The predicted molar refractivity (Wildman–Crippen MR) is 40.5 cm³/mol. The van der Waals surface area contributed by atoms with Crippen LogP contribution in [0, 0.1) is 0 Å². The zero-order chi connectivity index (χ0) is 9.42. The van der Waals surface area contributed by atoms with Gasteiger partial charge in [0.1, 0.15) is 5.75 Å². The molecular weight excluding hydrogens is 178 g/mol. The molecule has 2 heterocycles. The molecule has 0 amide bonds. The summed E-state index contributed by atoms with van der Waals surface area (Å²) >= 11 is 0. The lowest BCUT2D eigenvalue weighted by Gasteiger charge is -1.93. The van der Waals surface area contributed by atoms with E-state index in [1.165, 1.54) is 0 Å². The van der Waals surface area contributed by atoms with Crippen molar-refractivity contribution in [1.29, 1.82) is 0 Å². The Balaban J connectivity index is 3.12. The normalized spacial score (nSPS) is 10.5. The largest absolute Gasteiger partial charge is 0.507 e. The van der Waals surface area contributed by atoms with Crippen LogP contribution in [0.5, 0.6) is 5.75 Å². The fourth-order valence-corrected chi connectivity index (χ4v) is 0.933. The van der Waals surface area contributed by atoms with E-state index in [1.54, 1.807) is 0 Å². The molecule has 0 aromatic carbocycles. The summed E-state index contributed by atoms with van der Waals surface area (Å²) in [4.78, 5) is 25.2. The molecule has 0 bridgehead atoms. The lowest BCUT2D eigenvalue weighted by Crippen LogP contribution is -2.04. The molecule has 0 aliphatic rings. The summed E-state index contributed by atoms with van der Waals surface area (Å²) in [5.74, 6) is -0.492. The molecule has 1 N–H and O–H groups in total. The number of aromatic nitrogens is 1. The van der Waals surface area contributed by atoms with Gasteiger partial charge in [-0.3, -0.25) is 0 Å². The highest BCUT2D eigenvalue weighted by molar-refractivity contribution is 5.77. The van der Waals surface area contributed by atoms with Crippen molar-refractivity contribution in [2.75, 3.05) is 0 Å². The summed E-state index contributed by atoms with van der Waals surface area (Å²) < 4.78 is 8.91. The smallest absolute Gasteiger partial charge is 0.353 e. The van der Waals surface area contributed by atoms with E-state index in [1.807, 2.05) is 0 Å². The maximum Gasteiger partial charge on any atom is 0.353 e. The minimum Gasteiger partial charge on any atom is -0.507 e. The molecule has 0 aliphatic heterocycles.